The molecule has 0 aromatic heterocycles. The van der Waals surface area contributed by atoms with E-state index in [0.717, 1.165) is 18.8 Å². The van der Waals surface area contributed by atoms with Gasteiger partial charge in [0.1, 0.15) is 11.9 Å². The molecule has 2 rings (SSSR count). The van der Waals surface area contributed by atoms with Crippen LogP contribution in [-0.4, -0.2) is 43.2 Å². The van der Waals surface area contributed by atoms with Crippen LogP contribution in [0.25, 0.3) is 0 Å². The highest BCUT2D eigenvalue weighted by atomic mass is 35.5. The monoisotopic (exact) mass is 310 g/mol. The van der Waals surface area contributed by atoms with Crippen molar-refractivity contribution in [2.75, 3.05) is 26.2 Å². The van der Waals surface area contributed by atoms with Crippen LogP contribution in [0.5, 0.6) is 5.75 Å². The van der Waals surface area contributed by atoms with Crippen LogP contribution in [0.4, 0.5) is 0 Å². The molecule has 1 aromatic carbocycles. The Labute approximate surface area is 133 Å². The Balaban J connectivity index is 1.66. The minimum Gasteiger partial charge on any atom is -0.489 e. The number of likely N-dealkylation sites (tertiary alicyclic amines) is 1. The summed E-state index contributed by atoms with van der Waals surface area (Å²) < 4.78 is 5.87. The first-order valence-corrected chi connectivity index (χ1v) is 8.39. The van der Waals surface area contributed by atoms with Crippen molar-refractivity contribution in [3.05, 3.63) is 29.3 Å². The van der Waals surface area contributed by atoms with E-state index in [-0.39, 0.29) is 6.10 Å². The van der Waals surface area contributed by atoms with Crippen LogP contribution in [0.15, 0.2) is 24.3 Å². The molecule has 1 N–H and O–H groups in total. The fraction of sp³-hybridized carbons (Fsp3) is 0.647. The number of nitrogens with one attached hydrogen (secondary N) is 1. The molecular formula is C17H27ClN2O. The average molecular weight is 311 g/mol. The number of halogens is 1. The predicted molar refractivity (Wildman–Crippen MR) is 89.3 cm³/mol. The van der Waals surface area contributed by atoms with Crippen LogP contribution in [0.3, 0.4) is 0 Å². The molecule has 1 aliphatic rings. The summed E-state index contributed by atoms with van der Waals surface area (Å²) in [6.45, 7) is 8.81. The van der Waals surface area contributed by atoms with E-state index in [1.54, 1.807) is 0 Å². The number of ether oxygens (including phenoxy) is 1. The highest BCUT2D eigenvalue weighted by molar-refractivity contribution is 6.30. The standard InChI is InChI=1S/C17H27ClN2O/c1-14(13-20-9-4-3-5-10-20)19-12-15(2)21-17-8-6-7-16(18)11-17/h6-8,11,14-15,19H,3-5,9-10,12-13H2,1-2H3. The maximum atomic E-state index is 5.96. The van der Waals surface area contributed by atoms with Crippen LogP contribution < -0.4 is 10.1 Å². The lowest BCUT2D eigenvalue weighted by Gasteiger charge is -2.30. The molecule has 2 unspecified atom stereocenters. The van der Waals surface area contributed by atoms with E-state index in [2.05, 4.69) is 24.1 Å². The average Bonchev–Trinajstić information content (AvgIpc) is 2.46. The van der Waals surface area contributed by atoms with Crippen molar-refractivity contribution in [1.82, 2.24) is 10.2 Å². The molecule has 1 heterocycles. The van der Waals surface area contributed by atoms with E-state index >= 15 is 0 Å². The summed E-state index contributed by atoms with van der Waals surface area (Å²) in [4.78, 5) is 2.56. The second-order valence-corrected chi connectivity index (χ2v) is 6.49. The summed E-state index contributed by atoms with van der Waals surface area (Å²) in [5.41, 5.74) is 0. The molecule has 0 spiro atoms. The van der Waals surface area contributed by atoms with Crippen molar-refractivity contribution in [2.45, 2.75) is 45.3 Å². The molecule has 4 heteroatoms. The van der Waals surface area contributed by atoms with Crippen LogP contribution >= 0.6 is 11.6 Å². The van der Waals surface area contributed by atoms with Crippen LogP contribution in [0, 0.1) is 0 Å². The van der Waals surface area contributed by atoms with E-state index < -0.39 is 0 Å². The van der Waals surface area contributed by atoms with Gasteiger partial charge in [-0.25, -0.2) is 0 Å². The maximum Gasteiger partial charge on any atom is 0.121 e. The molecule has 1 fully saturated rings. The number of nitrogens with zero attached hydrogens (tertiary/aromatic N) is 1. The third-order valence-corrected chi connectivity index (χ3v) is 4.10. The van der Waals surface area contributed by atoms with E-state index in [1.165, 1.54) is 32.4 Å². The molecule has 0 aliphatic carbocycles. The molecule has 1 aromatic rings. The van der Waals surface area contributed by atoms with Crippen molar-refractivity contribution in [3.8, 4) is 5.75 Å². The van der Waals surface area contributed by atoms with Gasteiger partial charge in [0.2, 0.25) is 0 Å². The van der Waals surface area contributed by atoms with E-state index in [4.69, 9.17) is 16.3 Å². The maximum absolute atomic E-state index is 5.96. The molecule has 0 saturated carbocycles. The lowest BCUT2D eigenvalue weighted by Crippen LogP contribution is -2.44. The smallest absolute Gasteiger partial charge is 0.121 e. The fourth-order valence-electron chi connectivity index (χ4n) is 2.78. The molecule has 3 nitrogen and oxygen atoms in total. The topological polar surface area (TPSA) is 24.5 Å². The Kier molecular flexibility index (Phi) is 6.81. The van der Waals surface area contributed by atoms with Gasteiger partial charge in [0.15, 0.2) is 0 Å². The quantitative estimate of drug-likeness (QED) is 0.833. The Hall–Kier alpha value is -0.770. The number of benzene rings is 1. The molecule has 0 bridgehead atoms. The molecule has 2 atom stereocenters. The zero-order valence-electron chi connectivity index (χ0n) is 13.1. The summed E-state index contributed by atoms with van der Waals surface area (Å²) in [5.74, 6) is 0.834. The highest BCUT2D eigenvalue weighted by Crippen LogP contribution is 2.18. The Bertz CT molecular complexity index is 421. The number of hydrogen-bond acceptors (Lipinski definition) is 3. The molecule has 21 heavy (non-hydrogen) atoms. The van der Waals surface area contributed by atoms with Gasteiger partial charge in [-0.3, -0.25) is 0 Å². The summed E-state index contributed by atoms with van der Waals surface area (Å²) in [7, 11) is 0. The summed E-state index contributed by atoms with van der Waals surface area (Å²) in [5, 5.41) is 4.28. The zero-order valence-corrected chi connectivity index (χ0v) is 13.9. The minimum atomic E-state index is 0.132. The lowest BCUT2D eigenvalue weighted by molar-refractivity contribution is 0.186. The molecule has 0 radical (unpaired) electrons. The second kappa shape index (κ2) is 8.62. The molecule has 118 valence electrons. The summed E-state index contributed by atoms with van der Waals surface area (Å²) >= 11 is 5.96. The van der Waals surface area contributed by atoms with E-state index in [1.807, 2.05) is 24.3 Å². The Morgan fingerprint density at radius 1 is 1.24 bits per heavy atom. The van der Waals surface area contributed by atoms with Gasteiger partial charge in [-0.15, -0.1) is 0 Å². The first kappa shape index (κ1) is 16.6. The van der Waals surface area contributed by atoms with Crippen molar-refractivity contribution in [3.63, 3.8) is 0 Å². The number of hydrogen-bond donors (Lipinski definition) is 1. The second-order valence-electron chi connectivity index (χ2n) is 6.06. The van der Waals surface area contributed by atoms with Crippen LogP contribution in [0.1, 0.15) is 33.1 Å². The third kappa shape index (κ3) is 6.25. The van der Waals surface area contributed by atoms with Crippen molar-refractivity contribution < 1.29 is 4.74 Å². The largest absolute Gasteiger partial charge is 0.489 e. The van der Waals surface area contributed by atoms with Gasteiger partial charge in [-0.1, -0.05) is 24.1 Å². The molecular weight excluding hydrogens is 284 g/mol. The van der Waals surface area contributed by atoms with Crippen molar-refractivity contribution >= 4 is 11.6 Å². The lowest BCUT2D eigenvalue weighted by atomic mass is 10.1. The predicted octanol–water partition coefficient (Wildman–Crippen LogP) is 3.57. The SMILES string of the molecule is CC(CN1CCCCC1)NCC(C)Oc1cccc(Cl)c1. The van der Waals surface area contributed by atoms with Crippen LogP contribution in [0.2, 0.25) is 5.02 Å². The molecule has 1 saturated heterocycles. The van der Waals surface area contributed by atoms with Gasteiger partial charge in [-0.05, 0) is 58.0 Å². The van der Waals surface area contributed by atoms with Crippen LogP contribution in [-0.2, 0) is 0 Å². The van der Waals surface area contributed by atoms with Gasteiger partial charge >= 0.3 is 0 Å². The first-order valence-electron chi connectivity index (χ1n) is 8.01. The number of rotatable bonds is 7. The third-order valence-electron chi connectivity index (χ3n) is 3.87. The number of piperidine rings is 1. The highest BCUT2D eigenvalue weighted by Gasteiger charge is 2.14. The summed E-state index contributed by atoms with van der Waals surface area (Å²) in [6, 6.07) is 8.07. The van der Waals surface area contributed by atoms with E-state index in [0.29, 0.717) is 11.1 Å². The Morgan fingerprint density at radius 3 is 2.71 bits per heavy atom. The van der Waals surface area contributed by atoms with Crippen molar-refractivity contribution in [1.29, 1.82) is 0 Å². The fourth-order valence-corrected chi connectivity index (χ4v) is 2.96. The van der Waals surface area contributed by atoms with Gasteiger partial charge in [0, 0.05) is 24.2 Å². The zero-order chi connectivity index (χ0) is 15.1. The minimum absolute atomic E-state index is 0.132. The van der Waals surface area contributed by atoms with Gasteiger partial charge in [-0.2, -0.15) is 0 Å². The Morgan fingerprint density at radius 2 is 2.00 bits per heavy atom. The summed E-state index contributed by atoms with van der Waals surface area (Å²) in [6.07, 6.45) is 4.22. The normalized spacial score (nSPS) is 19.2. The molecule has 0 amide bonds. The molecule has 1 aliphatic heterocycles. The van der Waals surface area contributed by atoms with E-state index in [9.17, 15) is 0 Å². The van der Waals surface area contributed by atoms with Crippen molar-refractivity contribution in [2.24, 2.45) is 0 Å². The first-order chi connectivity index (χ1) is 10.1. The van der Waals surface area contributed by atoms with Gasteiger partial charge in [0.25, 0.3) is 0 Å². The van der Waals surface area contributed by atoms with Gasteiger partial charge < -0.3 is 15.0 Å². The van der Waals surface area contributed by atoms with Gasteiger partial charge in [0.05, 0.1) is 0 Å².